The van der Waals surface area contributed by atoms with Gasteiger partial charge in [-0.1, -0.05) is 11.6 Å². The number of halogens is 2. The fraction of sp³-hybridized carbons (Fsp3) is 0.0769. The van der Waals surface area contributed by atoms with Crippen molar-refractivity contribution in [1.82, 2.24) is 14.2 Å². The Morgan fingerprint density at radius 1 is 1.32 bits per heavy atom. The highest BCUT2D eigenvalue weighted by molar-refractivity contribution is 6.33. The first-order valence-corrected chi connectivity index (χ1v) is 5.97. The van der Waals surface area contributed by atoms with Crippen LogP contribution >= 0.6 is 11.6 Å². The Labute approximate surface area is 112 Å². The average Bonchev–Trinajstić information content (AvgIpc) is 2.73. The Balaban J connectivity index is 2.34. The predicted octanol–water partition coefficient (Wildman–Crippen LogP) is 2.59. The number of fused-ring (bicyclic) bond motifs is 1. The minimum Gasteiger partial charge on any atom is -0.266 e. The zero-order valence-electron chi connectivity index (χ0n) is 9.97. The highest BCUT2D eigenvalue weighted by atomic mass is 35.5. The second-order valence-corrected chi connectivity index (χ2v) is 4.60. The lowest BCUT2D eigenvalue weighted by Crippen LogP contribution is -2.22. The highest BCUT2D eigenvalue weighted by Crippen LogP contribution is 2.16. The molecule has 3 aromatic rings. The molecule has 0 amide bonds. The van der Waals surface area contributed by atoms with Gasteiger partial charge in [-0.15, -0.1) is 0 Å². The normalized spacial score (nSPS) is 11.1. The van der Waals surface area contributed by atoms with E-state index in [0.29, 0.717) is 21.8 Å². The van der Waals surface area contributed by atoms with Crippen LogP contribution in [0.3, 0.4) is 0 Å². The molecule has 1 aromatic carbocycles. The fourth-order valence-corrected chi connectivity index (χ4v) is 2.25. The van der Waals surface area contributed by atoms with Gasteiger partial charge in [-0.2, -0.15) is 5.10 Å². The lowest BCUT2D eigenvalue weighted by atomic mass is 10.2. The summed E-state index contributed by atoms with van der Waals surface area (Å²) in [4.78, 5) is 12.4. The first kappa shape index (κ1) is 11.9. The molecule has 0 unspecified atom stereocenters. The lowest BCUT2D eigenvalue weighted by Gasteiger charge is -2.09. The van der Waals surface area contributed by atoms with Gasteiger partial charge in [0.2, 0.25) is 0 Å². The van der Waals surface area contributed by atoms with Crippen molar-refractivity contribution in [3.8, 4) is 5.69 Å². The standard InChI is InChI=1S/C13H9ClFN3O/c1-8-6-9(15)2-3-11(8)17-7-16-18-5-4-10(14)12(18)13(17)19/h2-7H,1H3. The molecule has 2 heterocycles. The summed E-state index contributed by atoms with van der Waals surface area (Å²) in [5.41, 5.74) is 1.24. The Bertz CT molecular complexity index is 838. The lowest BCUT2D eigenvalue weighted by molar-refractivity contribution is 0.625. The summed E-state index contributed by atoms with van der Waals surface area (Å²) in [6, 6.07) is 5.82. The third-order valence-electron chi connectivity index (χ3n) is 2.95. The van der Waals surface area contributed by atoms with Gasteiger partial charge in [0.05, 0.1) is 10.7 Å². The van der Waals surface area contributed by atoms with Gasteiger partial charge in [0.25, 0.3) is 5.56 Å². The van der Waals surface area contributed by atoms with Crippen molar-refractivity contribution < 1.29 is 4.39 Å². The maximum absolute atomic E-state index is 13.1. The molecule has 0 N–H and O–H groups in total. The Hall–Kier alpha value is -2.14. The van der Waals surface area contributed by atoms with Gasteiger partial charge in [-0.25, -0.2) is 8.91 Å². The van der Waals surface area contributed by atoms with Gasteiger partial charge in [-0.3, -0.25) is 9.36 Å². The summed E-state index contributed by atoms with van der Waals surface area (Å²) in [6.07, 6.45) is 3.01. The van der Waals surface area contributed by atoms with Crippen LogP contribution in [0.25, 0.3) is 11.2 Å². The molecule has 6 heteroatoms. The van der Waals surface area contributed by atoms with Gasteiger partial charge in [0.1, 0.15) is 17.7 Å². The van der Waals surface area contributed by atoms with Crippen LogP contribution in [-0.2, 0) is 0 Å². The molecule has 0 fully saturated rings. The number of aromatic nitrogens is 3. The Morgan fingerprint density at radius 2 is 2.11 bits per heavy atom. The molecule has 0 aliphatic heterocycles. The fourth-order valence-electron chi connectivity index (χ4n) is 2.03. The molecule has 0 bridgehead atoms. The molecule has 19 heavy (non-hydrogen) atoms. The summed E-state index contributed by atoms with van der Waals surface area (Å²) in [7, 11) is 0. The second-order valence-electron chi connectivity index (χ2n) is 4.19. The summed E-state index contributed by atoms with van der Waals surface area (Å²) >= 11 is 5.97. The quantitative estimate of drug-likeness (QED) is 0.686. The van der Waals surface area contributed by atoms with Crippen LogP contribution in [0.15, 0.2) is 41.6 Å². The van der Waals surface area contributed by atoms with Crippen LogP contribution in [-0.4, -0.2) is 14.2 Å². The zero-order valence-corrected chi connectivity index (χ0v) is 10.7. The number of hydrogen-bond donors (Lipinski definition) is 0. The summed E-state index contributed by atoms with van der Waals surface area (Å²) in [5, 5.41) is 4.44. The van der Waals surface area contributed by atoms with Crippen LogP contribution in [0.5, 0.6) is 0 Å². The van der Waals surface area contributed by atoms with E-state index in [0.717, 1.165) is 0 Å². The number of nitrogens with zero attached hydrogens (tertiary/aromatic N) is 3. The molecule has 0 atom stereocenters. The number of rotatable bonds is 1. The average molecular weight is 278 g/mol. The van der Waals surface area contributed by atoms with Gasteiger partial charge in [0, 0.05) is 6.20 Å². The zero-order chi connectivity index (χ0) is 13.6. The second kappa shape index (κ2) is 4.20. The number of hydrogen-bond acceptors (Lipinski definition) is 2. The number of aryl methyl sites for hydroxylation is 1. The SMILES string of the molecule is Cc1cc(F)ccc1-n1cnn2ccc(Cl)c2c1=O. The summed E-state index contributed by atoms with van der Waals surface area (Å²) in [6.45, 7) is 1.73. The van der Waals surface area contributed by atoms with Gasteiger partial charge < -0.3 is 0 Å². The van der Waals surface area contributed by atoms with Gasteiger partial charge >= 0.3 is 0 Å². The van der Waals surface area contributed by atoms with Gasteiger partial charge in [-0.05, 0) is 36.8 Å². The molecular formula is C13H9ClFN3O. The largest absolute Gasteiger partial charge is 0.283 e. The Morgan fingerprint density at radius 3 is 2.84 bits per heavy atom. The van der Waals surface area contributed by atoms with Crippen LogP contribution in [0.1, 0.15) is 5.56 Å². The maximum Gasteiger partial charge on any atom is 0.283 e. The third-order valence-corrected chi connectivity index (χ3v) is 3.25. The van der Waals surface area contributed by atoms with E-state index < -0.39 is 0 Å². The molecular weight excluding hydrogens is 269 g/mol. The van der Waals surface area contributed by atoms with Crippen molar-refractivity contribution in [2.75, 3.05) is 0 Å². The van der Waals surface area contributed by atoms with E-state index in [1.807, 2.05) is 0 Å². The predicted molar refractivity (Wildman–Crippen MR) is 70.5 cm³/mol. The molecule has 96 valence electrons. The first-order valence-electron chi connectivity index (χ1n) is 5.59. The minimum absolute atomic E-state index is 0.292. The molecule has 0 saturated carbocycles. The van der Waals surface area contributed by atoms with Crippen LogP contribution < -0.4 is 5.56 Å². The molecule has 2 aromatic heterocycles. The molecule has 3 rings (SSSR count). The third kappa shape index (κ3) is 1.82. The van der Waals surface area contributed by atoms with Gasteiger partial charge in [0.15, 0.2) is 0 Å². The number of benzene rings is 1. The van der Waals surface area contributed by atoms with E-state index >= 15 is 0 Å². The molecule has 4 nitrogen and oxygen atoms in total. The van der Waals surface area contributed by atoms with Crippen molar-refractivity contribution in [3.05, 3.63) is 63.5 Å². The first-order chi connectivity index (χ1) is 9.08. The Kier molecular flexibility index (Phi) is 2.64. The molecule has 0 saturated heterocycles. The van der Waals surface area contributed by atoms with E-state index in [4.69, 9.17) is 11.6 Å². The molecule has 0 aliphatic carbocycles. The van der Waals surface area contributed by atoms with Crippen molar-refractivity contribution in [2.45, 2.75) is 6.92 Å². The van der Waals surface area contributed by atoms with Crippen molar-refractivity contribution >= 4 is 17.1 Å². The van der Waals surface area contributed by atoms with E-state index in [1.165, 1.54) is 27.5 Å². The van der Waals surface area contributed by atoms with E-state index in [2.05, 4.69) is 5.10 Å². The van der Waals surface area contributed by atoms with Crippen LogP contribution in [0, 0.1) is 12.7 Å². The maximum atomic E-state index is 13.1. The monoisotopic (exact) mass is 277 g/mol. The van der Waals surface area contributed by atoms with Crippen LogP contribution in [0.2, 0.25) is 5.02 Å². The topological polar surface area (TPSA) is 39.3 Å². The minimum atomic E-state index is -0.343. The van der Waals surface area contributed by atoms with E-state index in [-0.39, 0.29) is 11.4 Å². The highest BCUT2D eigenvalue weighted by Gasteiger charge is 2.11. The molecule has 0 aliphatic rings. The van der Waals surface area contributed by atoms with E-state index in [1.54, 1.807) is 25.3 Å². The summed E-state index contributed by atoms with van der Waals surface area (Å²) in [5.74, 6) is -0.343. The molecule has 0 radical (unpaired) electrons. The van der Waals surface area contributed by atoms with E-state index in [9.17, 15) is 9.18 Å². The van der Waals surface area contributed by atoms with Crippen molar-refractivity contribution in [2.24, 2.45) is 0 Å². The van der Waals surface area contributed by atoms with Crippen molar-refractivity contribution in [1.29, 1.82) is 0 Å². The van der Waals surface area contributed by atoms with Crippen molar-refractivity contribution in [3.63, 3.8) is 0 Å². The smallest absolute Gasteiger partial charge is 0.266 e. The van der Waals surface area contributed by atoms with Crippen LogP contribution in [0.4, 0.5) is 4.39 Å². The summed E-state index contributed by atoms with van der Waals surface area (Å²) < 4.78 is 15.9. The molecule has 0 spiro atoms.